The zero-order chi connectivity index (χ0) is 15.5. The number of hydrogen-bond donors (Lipinski definition) is 2. The first kappa shape index (κ1) is 17.2. The Kier molecular flexibility index (Phi) is 8.17. The second kappa shape index (κ2) is 9.97. The first-order valence-corrected chi connectivity index (χ1v) is 7.36. The Balaban J connectivity index is 0.000000491. The van der Waals surface area contributed by atoms with E-state index in [-0.39, 0.29) is 6.61 Å². The Labute approximate surface area is 128 Å². The van der Waals surface area contributed by atoms with Crippen molar-refractivity contribution in [2.75, 3.05) is 31.6 Å². The van der Waals surface area contributed by atoms with E-state index in [0.717, 1.165) is 13.0 Å². The lowest BCUT2D eigenvalue weighted by atomic mass is 10.0. The minimum atomic E-state index is 0.0972. The van der Waals surface area contributed by atoms with Crippen LogP contribution in [0.2, 0.25) is 0 Å². The molecule has 0 spiro atoms. The van der Waals surface area contributed by atoms with Crippen molar-refractivity contribution in [3.63, 3.8) is 0 Å². The monoisotopic (exact) mass is 286 g/mol. The van der Waals surface area contributed by atoms with Gasteiger partial charge in [0.15, 0.2) is 0 Å². The molecule has 0 atom stereocenters. The van der Waals surface area contributed by atoms with Crippen molar-refractivity contribution in [3.8, 4) is 0 Å². The maximum atomic E-state index is 7.75. The van der Waals surface area contributed by atoms with Crippen LogP contribution in [0.1, 0.15) is 18.1 Å². The standard InChI is InChI=1S/C16H19N.C2H7NO/c1-3-17(2)16-11-9-15(10-12-16)13-14-7-5-4-6-8-14;3-1-2-4/h4-12H,3,13H2,1-2H3;4H,1-3H2. The molecule has 2 aromatic carbocycles. The van der Waals surface area contributed by atoms with Gasteiger partial charge in [-0.3, -0.25) is 0 Å². The van der Waals surface area contributed by atoms with Gasteiger partial charge in [0.1, 0.15) is 0 Å². The molecule has 21 heavy (non-hydrogen) atoms. The highest BCUT2D eigenvalue weighted by molar-refractivity contribution is 5.47. The van der Waals surface area contributed by atoms with Gasteiger partial charge in [-0.05, 0) is 36.6 Å². The molecule has 0 amide bonds. The fourth-order valence-electron chi connectivity index (χ4n) is 1.88. The second-order valence-electron chi connectivity index (χ2n) is 4.86. The molecule has 0 saturated carbocycles. The van der Waals surface area contributed by atoms with Crippen LogP contribution in [0.5, 0.6) is 0 Å². The highest BCUT2D eigenvalue weighted by Gasteiger charge is 1.99. The molecule has 2 rings (SSSR count). The summed E-state index contributed by atoms with van der Waals surface area (Å²) in [7, 11) is 2.12. The Morgan fingerprint density at radius 1 is 0.952 bits per heavy atom. The molecule has 0 fully saturated rings. The Bertz CT molecular complexity index is 480. The molecule has 3 nitrogen and oxygen atoms in total. The second-order valence-corrected chi connectivity index (χ2v) is 4.86. The normalized spacial score (nSPS) is 9.71. The molecule has 3 heteroatoms. The molecule has 0 aliphatic carbocycles. The topological polar surface area (TPSA) is 49.5 Å². The molecule has 0 aromatic heterocycles. The fraction of sp³-hybridized carbons (Fsp3) is 0.333. The molecule has 0 unspecified atom stereocenters. The van der Waals surface area contributed by atoms with E-state index >= 15 is 0 Å². The molecule has 0 radical (unpaired) electrons. The number of benzene rings is 2. The molecule has 2 aromatic rings. The summed E-state index contributed by atoms with van der Waals surface area (Å²) in [5, 5.41) is 7.75. The van der Waals surface area contributed by atoms with Gasteiger partial charge >= 0.3 is 0 Å². The van der Waals surface area contributed by atoms with Gasteiger partial charge in [-0.1, -0.05) is 42.5 Å². The van der Waals surface area contributed by atoms with E-state index in [9.17, 15) is 0 Å². The summed E-state index contributed by atoms with van der Waals surface area (Å²) >= 11 is 0. The maximum Gasteiger partial charge on any atom is 0.0553 e. The summed E-state index contributed by atoms with van der Waals surface area (Å²) < 4.78 is 0. The van der Waals surface area contributed by atoms with Gasteiger partial charge in [-0.25, -0.2) is 0 Å². The average Bonchev–Trinajstić information content (AvgIpc) is 2.56. The first-order valence-electron chi connectivity index (χ1n) is 7.36. The SMILES string of the molecule is CCN(C)c1ccc(Cc2ccccc2)cc1.NCCO. The molecule has 0 bridgehead atoms. The van der Waals surface area contributed by atoms with E-state index in [1.165, 1.54) is 16.8 Å². The van der Waals surface area contributed by atoms with Crippen LogP contribution in [0.25, 0.3) is 0 Å². The largest absolute Gasteiger partial charge is 0.395 e. The van der Waals surface area contributed by atoms with E-state index in [1.54, 1.807) is 0 Å². The number of nitrogens with two attached hydrogens (primary N) is 1. The van der Waals surface area contributed by atoms with E-state index in [2.05, 4.69) is 73.5 Å². The summed E-state index contributed by atoms with van der Waals surface area (Å²) in [4.78, 5) is 2.24. The highest BCUT2D eigenvalue weighted by atomic mass is 16.3. The minimum Gasteiger partial charge on any atom is -0.395 e. The lowest BCUT2D eigenvalue weighted by Crippen LogP contribution is -2.15. The molecular formula is C18H26N2O. The van der Waals surface area contributed by atoms with Crippen molar-refractivity contribution in [1.29, 1.82) is 0 Å². The van der Waals surface area contributed by atoms with E-state index in [1.807, 2.05) is 0 Å². The van der Waals surface area contributed by atoms with Crippen LogP contribution < -0.4 is 10.6 Å². The van der Waals surface area contributed by atoms with Crippen molar-refractivity contribution >= 4 is 5.69 Å². The number of aliphatic hydroxyl groups excluding tert-OH is 1. The Morgan fingerprint density at radius 3 is 1.95 bits per heavy atom. The molecule has 0 heterocycles. The molecule has 0 saturated heterocycles. The Morgan fingerprint density at radius 2 is 1.48 bits per heavy atom. The lowest BCUT2D eigenvalue weighted by Gasteiger charge is -2.16. The molecule has 0 aliphatic rings. The zero-order valence-corrected chi connectivity index (χ0v) is 13.0. The fourth-order valence-corrected chi connectivity index (χ4v) is 1.88. The van der Waals surface area contributed by atoms with Crippen LogP contribution in [0, 0.1) is 0 Å². The van der Waals surface area contributed by atoms with Crippen LogP contribution in [0.4, 0.5) is 5.69 Å². The van der Waals surface area contributed by atoms with Gasteiger partial charge in [0, 0.05) is 25.8 Å². The highest BCUT2D eigenvalue weighted by Crippen LogP contribution is 2.15. The lowest BCUT2D eigenvalue weighted by molar-refractivity contribution is 0.306. The quantitative estimate of drug-likeness (QED) is 0.888. The first-order chi connectivity index (χ1) is 10.2. The van der Waals surface area contributed by atoms with E-state index in [4.69, 9.17) is 10.8 Å². The number of rotatable bonds is 5. The predicted octanol–water partition coefficient (Wildman–Crippen LogP) is 2.67. The van der Waals surface area contributed by atoms with Crippen LogP contribution in [-0.2, 0) is 6.42 Å². The van der Waals surface area contributed by atoms with Crippen LogP contribution >= 0.6 is 0 Å². The van der Waals surface area contributed by atoms with Crippen molar-refractivity contribution < 1.29 is 5.11 Å². The number of nitrogens with zero attached hydrogens (tertiary/aromatic N) is 1. The third kappa shape index (κ3) is 6.43. The number of anilines is 1. The third-order valence-electron chi connectivity index (χ3n) is 3.23. The Hall–Kier alpha value is -1.84. The summed E-state index contributed by atoms with van der Waals surface area (Å²) in [5.41, 5.74) is 8.79. The molecular weight excluding hydrogens is 260 g/mol. The van der Waals surface area contributed by atoms with Crippen LogP contribution in [0.15, 0.2) is 54.6 Å². The van der Waals surface area contributed by atoms with Crippen molar-refractivity contribution in [2.45, 2.75) is 13.3 Å². The van der Waals surface area contributed by atoms with Crippen molar-refractivity contribution in [2.24, 2.45) is 5.73 Å². The smallest absolute Gasteiger partial charge is 0.0553 e. The van der Waals surface area contributed by atoms with Gasteiger partial charge < -0.3 is 15.7 Å². The van der Waals surface area contributed by atoms with Gasteiger partial charge in [0.25, 0.3) is 0 Å². The van der Waals surface area contributed by atoms with E-state index in [0.29, 0.717) is 6.54 Å². The van der Waals surface area contributed by atoms with Gasteiger partial charge in [-0.15, -0.1) is 0 Å². The van der Waals surface area contributed by atoms with Crippen molar-refractivity contribution in [3.05, 3.63) is 65.7 Å². The number of aliphatic hydroxyl groups is 1. The summed E-state index contributed by atoms with van der Waals surface area (Å²) in [5.74, 6) is 0. The molecule has 114 valence electrons. The number of hydrogen-bond acceptors (Lipinski definition) is 3. The van der Waals surface area contributed by atoms with E-state index < -0.39 is 0 Å². The summed E-state index contributed by atoms with van der Waals surface area (Å²) in [6.45, 7) is 3.68. The molecule has 0 aliphatic heterocycles. The molecule has 3 N–H and O–H groups in total. The van der Waals surface area contributed by atoms with Crippen LogP contribution in [0.3, 0.4) is 0 Å². The van der Waals surface area contributed by atoms with Gasteiger partial charge in [0.05, 0.1) is 6.61 Å². The predicted molar refractivity (Wildman–Crippen MR) is 90.8 cm³/mol. The van der Waals surface area contributed by atoms with Crippen LogP contribution in [-0.4, -0.2) is 31.9 Å². The zero-order valence-electron chi connectivity index (χ0n) is 13.0. The minimum absolute atomic E-state index is 0.0972. The third-order valence-corrected chi connectivity index (χ3v) is 3.23. The van der Waals surface area contributed by atoms with Gasteiger partial charge in [0.2, 0.25) is 0 Å². The van der Waals surface area contributed by atoms with Gasteiger partial charge in [-0.2, -0.15) is 0 Å². The average molecular weight is 286 g/mol. The summed E-state index contributed by atoms with van der Waals surface area (Å²) in [6.07, 6.45) is 1.01. The van der Waals surface area contributed by atoms with Crippen molar-refractivity contribution in [1.82, 2.24) is 0 Å². The maximum absolute atomic E-state index is 7.75. The summed E-state index contributed by atoms with van der Waals surface area (Å²) in [6, 6.07) is 19.4.